The van der Waals surface area contributed by atoms with Crippen LogP contribution in [0.5, 0.6) is 5.75 Å². The van der Waals surface area contributed by atoms with Gasteiger partial charge >= 0.3 is 0 Å². The van der Waals surface area contributed by atoms with Crippen molar-refractivity contribution in [3.05, 3.63) is 59.7 Å². The first-order valence-electron chi connectivity index (χ1n) is 9.51. The highest BCUT2D eigenvalue weighted by molar-refractivity contribution is 7.98. The predicted molar refractivity (Wildman–Crippen MR) is 115 cm³/mol. The number of amides is 1. The maximum Gasteiger partial charge on any atom is 0.276 e. The Morgan fingerprint density at radius 1 is 1.03 bits per heavy atom. The Bertz CT molecular complexity index is 998. The Labute approximate surface area is 179 Å². The van der Waals surface area contributed by atoms with Crippen LogP contribution in [0.4, 0.5) is 0 Å². The minimum Gasteiger partial charge on any atom is -0.492 e. The number of ether oxygens (including phenoxy) is 1. The molecule has 30 heavy (non-hydrogen) atoms. The first-order chi connectivity index (χ1) is 14.5. The van der Waals surface area contributed by atoms with Gasteiger partial charge in [0.2, 0.25) is 5.89 Å². The molecule has 0 radical (unpaired) electrons. The summed E-state index contributed by atoms with van der Waals surface area (Å²) < 4.78 is 11.1. The first kappa shape index (κ1) is 21.6. The highest BCUT2D eigenvalue weighted by Crippen LogP contribution is 2.23. The summed E-state index contributed by atoms with van der Waals surface area (Å²) in [5.41, 5.74) is 1.92. The van der Waals surface area contributed by atoms with Crippen molar-refractivity contribution in [2.45, 2.75) is 19.1 Å². The fraction of sp³-hybridized carbons (Fsp3) is 0.273. The average Bonchev–Trinajstić information content (AvgIpc) is 3.26. The van der Waals surface area contributed by atoms with E-state index < -0.39 is 0 Å². The molecule has 8 heteroatoms. The molecule has 1 N–H and O–H groups in total. The summed E-state index contributed by atoms with van der Waals surface area (Å²) in [6.07, 6.45) is 1.87. The van der Waals surface area contributed by atoms with E-state index in [-0.39, 0.29) is 17.6 Å². The minimum atomic E-state index is -0.210. The SMILES string of the molecule is CSc1nnc(-c2ccc(OCCNC(=O)c3ccc(C(=O)C(C)C)cc3)cc2)o1. The molecule has 0 spiro atoms. The number of ketones is 1. The van der Waals surface area contributed by atoms with Crippen molar-refractivity contribution in [2.75, 3.05) is 19.4 Å². The zero-order chi connectivity index (χ0) is 21.5. The fourth-order valence-corrected chi connectivity index (χ4v) is 2.94. The van der Waals surface area contributed by atoms with Gasteiger partial charge in [-0.15, -0.1) is 10.2 Å². The summed E-state index contributed by atoms with van der Waals surface area (Å²) in [6, 6.07) is 14.0. The summed E-state index contributed by atoms with van der Waals surface area (Å²) in [5, 5.41) is 11.2. The van der Waals surface area contributed by atoms with Gasteiger partial charge in [-0.05, 0) is 42.7 Å². The molecule has 2 aromatic carbocycles. The molecule has 0 atom stereocenters. The lowest BCUT2D eigenvalue weighted by atomic mass is 10.00. The van der Waals surface area contributed by atoms with E-state index in [9.17, 15) is 9.59 Å². The van der Waals surface area contributed by atoms with Crippen molar-refractivity contribution in [3.8, 4) is 17.2 Å². The number of carbonyl (C=O) groups excluding carboxylic acids is 2. The zero-order valence-electron chi connectivity index (χ0n) is 17.0. The highest BCUT2D eigenvalue weighted by Gasteiger charge is 2.12. The van der Waals surface area contributed by atoms with Crippen LogP contribution >= 0.6 is 11.8 Å². The molecule has 1 amide bonds. The molecule has 156 valence electrons. The van der Waals surface area contributed by atoms with E-state index in [1.54, 1.807) is 24.3 Å². The normalized spacial score (nSPS) is 10.8. The molecule has 0 bridgehead atoms. The van der Waals surface area contributed by atoms with Gasteiger partial charge in [-0.25, -0.2) is 0 Å². The maximum atomic E-state index is 12.2. The molecule has 1 heterocycles. The van der Waals surface area contributed by atoms with Crippen LogP contribution < -0.4 is 10.1 Å². The Morgan fingerprint density at radius 2 is 1.70 bits per heavy atom. The van der Waals surface area contributed by atoms with Crippen LogP contribution in [0, 0.1) is 5.92 Å². The quantitative estimate of drug-likeness (QED) is 0.313. The molecule has 7 nitrogen and oxygen atoms in total. The summed E-state index contributed by atoms with van der Waals surface area (Å²) in [7, 11) is 0. The van der Waals surface area contributed by atoms with Gasteiger partial charge in [0.15, 0.2) is 5.78 Å². The average molecular weight is 426 g/mol. The van der Waals surface area contributed by atoms with Crippen molar-refractivity contribution in [1.29, 1.82) is 0 Å². The lowest BCUT2D eigenvalue weighted by molar-refractivity contribution is 0.0931. The number of hydrogen-bond acceptors (Lipinski definition) is 7. The number of hydrogen-bond donors (Lipinski definition) is 1. The number of nitrogens with zero attached hydrogens (tertiary/aromatic N) is 2. The lowest BCUT2D eigenvalue weighted by Crippen LogP contribution is -2.28. The Morgan fingerprint density at radius 3 is 2.30 bits per heavy atom. The van der Waals surface area contributed by atoms with Crippen LogP contribution in [-0.4, -0.2) is 41.3 Å². The van der Waals surface area contributed by atoms with Gasteiger partial charge in [0.25, 0.3) is 11.1 Å². The van der Waals surface area contributed by atoms with Gasteiger partial charge in [0, 0.05) is 22.6 Å². The lowest BCUT2D eigenvalue weighted by Gasteiger charge is -2.09. The van der Waals surface area contributed by atoms with Crippen molar-refractivity contribution < 1.29 is 18.7 Å². The van der Waals surface area contributed by atoms with Crippen molar-refractivity contribution in [1.82, 2.24) is 15.5 Å². The second kappa shape index (κ2) is 10.1. The van der Waals surface area contributed by atoms with E-state index in [1.807, 2.05) is 44.4 Å². The molecule has 0 fully saturated rings. The molecule has 0 aliphatic carbocycles. The molecule has 3 aromatic rings. The van der Waals surface area contributed by atoms with E-state index in [1.165, 1.54) is 11.8 Å². The fourth-order valence-electron chi connectivity index (χ4n) is 2.66. The van der Waals surface area contributed by atoms with Crippen LogP contribution in [0.3, 0.4) is 0 Å². The summed E-state index contributed by atoms with van der Waals surface area (Å²) in [5.74, 6) is 0.910. The molecule has 0 aliphatic heterocycles. The zero-order valence-corrected chi connectivity index (χ0v) is 17.9. The predicted octanol–water partition coefficient (Wildman–Crippen LogP) is 4.11. The molecule has 0 aliphatic rings. The van der Waals surface area contributed by atoms with Crippen LogP contribution in [0.25, 0.3) is 11.5 Å². The van der Waals surface area contributed by atoms with E-state index in [2.05, 4.69) is 15.5 Å². The Kier molecular flexibility index (Phi) is 7.24. The monoisotopic (exact) mass is 425 g/mol. The van der Waals surface area contributed by atoms with Gasteiger partial charge in [-0.1, -0.05) is 37.7 Å². The molecular weight excluding hydrogens is 402 g/mol. The van der Waals surface area contributed by atoms with Crippen LogP contribution in [-0.2, 0) is 0 Å². The van der Waals surface area contributed by atoms with Crippen LogP contribution in [0.1, 0.15) is 34.6 Å². The Hall–Kier alpha value is -3.13. The molecule has 1 aromatic heterocycles. The van der Waals surface area contributed by atoms with E-state index in [4.69, 9.17) is 9.15 Å². The number of rotatable bonds is 9. The van der Waals surface area contributed by atoms with Gasteiger partial charge in [-0.3, -0.25) is 9.59 Å². The van der Waals surface area contributed by atoms with E-state index >= 15 is 0 Å². The van der Waals surface area contributed by atoms with Gasteiger partial charge < -0.3 is 14.5 Å². The minimum absolute atomic E-state index is 0.0603. The number of aromatic nitrogens is 2. The molecular formula is C22H23N3O4S. The van der Waals surface area contributed by atoms with E-state index in [0.29, 0.717) is 41.1 Å². The van der Waals surface area contributed by atoms with E-state index in [0.717, 1.165) is 5.56 Å². The third-order valence-electron chi connectivity index (χ3n) is 4.29. The molecule has 0 saturated carbocycles. The van der Waals surface area contributed by atoms with Crippen LogP contribution in [0.2, 0.25) is 0 Å². The van der Waals surface area contributed by atoms with Gasteiger partial charge in [0.05, 0.1) is 6.54 Å². The van der Waals surface area contributed by atoms with Gasteiger partial charge in [-0.2, -0.15) is 0 Å². The van der Waals surface area contributed by atoms with Crippen molar-refractivity contribution >= 4 is 23.5 Å². The Balaban J connectivity index is 1.45. The number of benzene rings is 2. The number of Topliss-reactive ketones (excluding diaryl/α,β-unsaturated/α-hetero) is 1. The maximum absolute atomic E-state index is 12.2. The van der Waals surface area contributed by atoms with Crippen molar-refractivity contribution in [2.24, 2.45) is 5.92 Å². The number of thioether (sulfide) groups is 1. The smallest absolute Gasteiger partial charge is 0.276 e. The highest BCUT2D eigenvalue weighted by atomic mass is 32.2. The van der Waals surface area contributed by atoms with Crippen LogP contribution in [0.15, 0.2) is 58.2 Å². The molecule has 0 unspecified atom stereocenters. The molecule has 3 rings (SSSR count). The molecule has 0 saturated heterocycles. The second-order valence-corrected chi connectivity index (χ2v) is 7.56. The summed E-state index contributed by atoms with van der Waals surface area (Å²) in [6.45, 7) is 4.38. The topological polar surface area (TPSA) is 94.3 Å². The number of carbonyl (C=O) groups is 2. The van der Waals surface area contributed by atoms with Gasteiger partial charge in [0.1, 0.15) is 12.4 Å². The third kappa shape index (κ3) is 5.48. The number of nitrogens with one attached hydrogen (secondary N) is 1. The van der Waals surface area contributed by atoms with Crippen molar-refractivity contribution in [3.63, 3.8) is 0 Å². The summed E-state index contributed by atoms with van der Waals surface area (Å²) in [4.78, 5) is 24.2. The standard InChI is InChI=1S/C22H23N3O4S/c1-14(2)19(26)15-4-6-16(7-5-15)20(27)23-12-13-28-18-10-8-17(9-11-18)21-24-25-22(29-21)30-3/h4-11,14H,12-13H2,1-3H3,(H,23,27). The summed E-state index contributed by atoms with van der Waals surface area (Å²) >= 11 is 1.39. The largest absolute Gasteiger partial charge is 0.492 e. The first-order valence-corrected chi connectivity index (χ1v) is 10.7. The second-order valence-electron chi connectivity index (χ2n) is 6.80. The third-order valence-corrected chi connectivity index (χ3v) is 4.81.